The summed E-state index contributed by atoms with van der Waals surface area (Å²) in [6, 6.07) is 11.3. The van der Waals surface area contributed by atoms with E-state index in [1.165, 1.54) is 74.9 Å². The van der Waals surface area contributed by atoms with Crippen LogP contribution in [-0.4, -0.2) is 50.7 Å². The molecule has 0 fully saturated rings. The Hall–Kier alpha value is -1.62. The summed E-state index contributed by atoms with van der Waals surface area (Å²) >= 11 is 10.1. The normalized spacial score (nSPS) is 10.9. The summed E-state index contributed by atoms with van der Waals surface area (Å²) in [6.07, 6.45) is 11.1. The standard InChI is InChI=1S/C10H7BrN2O.C8H4BrClN2.C4H7O.3C4H9.Sn/c1-6(14)10-5-12-8-3-2-7(11)4-9(8)13-10;9-5-1-2-6-7(3-5)12-8(10)4-11-6;1-3-5-4-2;3*1-3-4-2;/h2-5H,1H3;1-4H;1,4H2,2H3;3*1,3-4H2,2H3;. The van der Waals surface area contributed by atoms with Crippen LogP contribution >= 0.6 is 43.5 Å². The van der Waals surface area contributed by atoms with Gasteiger partial charge < -0.3 is 0 Å². The Morgan fingerprint density at radius 2 is 1.27 bits per heavy atom. The molecule has 4 rings (SSSR count). The quantitative estimate of drug-likeness (QED) is 0.0757. The third-order valence-corrected chi connectivity index (χ3v) is 23.5. The molecule has 0 amide bonds. The molecule has 10 heteroatoms. The van der Waals surface area contributed by atoms with E-state index in [0.29, 0.717) is 10.8 Å². The van der Waals surface area contributed by atoms with Crippen LogP contribution in [0.4, 0.5) is 0 Å². The molecular weight excluding hydrogens is 810 g/mol. The first kappa shape index (κ1) is 38.6. The van der Waals surface area contributed by atoms with E-state index in [1.807, 2.05) is 36.4 Å². The zero-order valence-electron chi connectivity index (χ0n) is 26.6. The van der Waals surface area contributed by atoms with E-state index < -0.39 is 18.4 Å². The van der Waals surface area contributed by atoms with Crippen molar-refractivity contribution in [3.8, 4) is 0 Å². The number of Topliss-reactive ketones (excluding diaryl/α,β-unsaturated/α-hetero) is 1. The zero-order valence-corrected chi connectivity index (χ0v) is 33.4. The van der Waals surface area contributed by atoms with Crippen LogP contribution in [0.1, 0.15) is 83.6 Å². The maximum Gasteiger partial charge on any atom is 0.179 e. The average molecular weight is 856 g/mol. The predicted molar refractivity (Wildman–Crippen MR) is 195 cm³/mol. The number of fused-ring (bicyclic) bond motifs is 2. The molecule has 0 unspecified atom stereocenters. The Labute approximate surface area is 289 Å². The molecule has 2 aromatic carbocycles. The maximum absolute atomic E-state index is 11.1. The topological polar surface area (TPSA) is 77.9 Å². The summed E-state index contributed by atoms with van der Waals surface area (Å²) in [5, 5.41) is 0.417. The summed E-state index contributed by atoms with van der Waals surface area (Å²) in [5.41, 5.74) is 3.57. The molecule has 0 aliphatic carbocycles. The van der Waals surface area contributed by atoms with Crippen molar-refractivity contribution in [3.05, 3.63) is 78.9 Å². The van der Waals surface area contributed by atoms with E-state index in [2.05, 4.69) is 86.1 Å². The molecule has 0 atom stereocenters. The second kappa shape index (κ2) is 20.5. The monoisotopic (exact) mass is 854 g/mol. The molecule has 0 saturated carbocycles. The molecule has 44 heavy (non-hydrogen) atoms. The minimum atomic E-state index is -2.24. The zero-order chi connectivity index (χ0) is 32.5. The number of halogens is 3. The van der Waals surface area contributed by atoms with Crippen molar-refractivity contribution in [2.75, 3.05) is 6.61 Å². The van der Waals surface area contributed by atoms with Gasteiger partial charge in [0.15, 0.2) is 5.78 Å². The summed E-state index contributed by atoms with van der Waals surface area (Å²) < 4.78 is 13.5. The van der Waals surface area contributed by atoms with Crippen LogP contribution < -0.4 is 0 Å². The van der Waals surface area contributed by atoms with Crippen molar-refractivity contribution in [2.45, 2.75) is 86.5 Å². The van der Waals surface area contributed by atoms with Crippen molar-refractivity contribution < 1.29 is 9.53 Å². The average Bonchev–Trinajstić information content (AvgIpc) is 3.01. The Bertz CT molecular complexity index is 1450. The number of hydrogen-bond acceptors (Lipinski definition) is 6. The van der Waals surface area contributed by atoms with Crippen molar-refractivity contribution in [1.82, 2.24) is 19.9 Å². The van der Waals surface area contributed by atoms with Crippen LogP contribution in [0, 0.1) is 0 Å². The molecule has 0 spiro atoms. The van der Waals surface area contributed by atoms with Gasteiger partial charge in [-0.15, -0.1) is 0 Å². The van der Waals surface area contributed by atoms with Gasteiger partial charge in [0.1, 0.15) is 10.8 Å². The van der Waals surface area contributed by atoms with Gasteiger partial charge in [-0.3, -0.25) is 14.8 Å². The first-order valence-corrected chi connectivity index (χ1v) is 24.9. The minimum Gasteiger partial charge on any atom is -0.293 e. The molecule has 6 nitrogen and oxygen atoms in total. The van der Waals surface area contributed by atoms with Crippen molar-refractivity contribution in [1.29, 1.82) is 0 Å². The number of ketones is 1. The summed E-state index contributed by atoms with van der Waals surface area (Å²) in [7, 11) is 0. The Morgan fingerprint density at radius 1 is 0.795 bits per heavy atom. The molecule has 0 saturated heterocycles. The third kappa shape index (κ3) is 12.6. The fourth-order valence-electron chi connectivity index (χ4n) is 4.78. The van der Waals surface area contributed by atoms with Gasteiger partial charge in [0, 0.05) is 15.9 Å². The second-order valence-electron chi connectivity index (χ2n) is 10.7. The Morgan fingerprint density at radius 3 is 1.73 bits per heavy atom. The van der Waals surface area contributed by atoms with Crippen LogP contribution in [0.25, 0.3) is 22.1 Å². The number of carbonyl (C=O) groups is 1. The molecule has 2 heterocycles. The fourth-order valence-corrected chi connectivity index (χ4v) is 20.3. The first-order valence-electron chi connectivity index (χ1n) is 15.4. The third-order valence-electron chi connectivity index (χ3n) is 7.28. The number of aromatic nitrogens is 4. The minimum absolute atomic E-state index is 0.0700. The Balaban J connectivity index is 0.000000234. The number of nitrogens with zero attached hydrogens (tertiary/aromatic N) is 4. The number of benzene rings is 2. The van der Waals surface area contributed by atoms with Crippen LogP contribution in [0.15, 0.2) is 68.1 Å². The number of rotatable bonds is 13. The largest absolute Gasteiger partial charge is 0.293 e. The van der Waals surface area contributed by atoms with Crippen molar-refractivity contribution >= 4 is 89.7 Å². The smallest absolute Gasteiger partial charge is 0.179 e. The van der Waals surface area contributed by atoms with Crippen LogP contribution in [0.3, 0.4) is 0 Å². The fraction of sp³-hybridized carbons (Fsp3) is 0.441. The Kier molecular flexibility index (Phi) is 18.0. The van der Waals surface area contributed by atoms with E-state index in [0.717, 1.165) is 37.6 Å². The van der Waals surface area contributed by atoms with Gasteiger partial charge in [0.05, 0.1) is 34.5 Å². The molecule has 0 aliphatic rings. The van der Waals surface area contributed by atoms with Gasteiger partial charge in [-0.25, -0.2) is 9.97 Å². The molecule has 0 bridgehead atoms. The van der Waals surface area contributed by atoms with Gasteiger partial charge in [-0.2, -0.15) is 0 Å². The summed E-state index contributed by atoms with van der Waals surface area (Å²) in [5.74, 6) is -0.0700. The predicted octanol–water partition coefficient (Wildman–Crippen LogP) is 11.6. The summed E-state index contributed by atoms with van der Waals surface area (Å²) in [6.45, 7) is 15.6. The number of ether oxygens (including phenoxy) is 1. The number of hydrogen-bond donors (Lipinski definition) is 0. The number of unbranched alkanes of at least 4 members (excludes halogenated alkanes) is 3. The van der Waals surface area contributed by atoms with Gasteiger partial charge in [-0.05, 0) is 36.4 Å². The van der Waals surface area contributed by atoms with Crippen LogP contribution in [-0.2, 0) is 4.74 Å². The molecule has 238 valence electrons. The van der Waals surface area contributed by atoms with E-state index in [4.69, 9.17) is 16.3 Å². The maximum atomic E-state index is 11.1. The van der Waals surface area contributed by atoms with Crippen LogP contribution in [0.2, 0.25) is 18.5 Å². The van der Waals surface area contributed by atoms with Gasteiger partial charge in [0.25, 0.3) is 0 Å². The first-order chi connectivity index (χ1) is 21.1. The molecule has 0 N–H and O–H groups in total. The second-order valence-corrected chi connectivity index (χ2v) is 26.1. The van der Waals surface area contributed by atoms with Crippen molar-refractivity contribution in [2.24, 2.45) is 0 Å². The SMILES string of the molecule is C=[C](OCC)[Sn]([CH2]CCC)([CH2]CCC)[CH2]CCC.CC(=O)c1cnc2ccc(Br)cc2n1.Clc1cnc2ccc(Br)cc2n1. The van der Waals surface area contributed by atoms with E-state index in [9.17, 15) is 4.79 Å². The molecule has 2 aromatic heterocycles. The molecule has 0 aliphatic heterocycles. The molecular formula is C34H45Br2ClN4O2Sn. The van der Waals surface area contributed by atoms with Crippen LogP contribution in [0.5, 0.6) is 0 Å². The van der Waals surface area contributed by atoms with Gasteiger partial charge >= 0.3 is 120 Å². The van der Waals surface area contributed by atoms with E-state index in [1.54, 1.807) is 0 Å². The van der Waals surface area contributed by atoms with Gasteiger partial charge in [-0.1, -0.05) is 43.5 Å². The molecule has 0 radical (unpaired) electrons. The van der Waals surface area contributed by atoms with Gasteiger partial charge in [0.2, 0.25) is 0 Å². The van der Waals surface area contributed by atoms with E-state index >= 15 is 0 Å². The van der Waals surface area contributed by atoms with Crippen molar-refractivity contribution in [3.63, 3.8) is 0 Å². The van der Waals surface area contributed by atoms with E-state index in [-0.39, 0.29) is 5.78 Å². The number of carbonyl (C=O) groups excluding carboxylic acids is 1. The summed E-state index contributed by atoms with van der Waals surface area (Å²) in [4.78, 5) is 27.6. The molecule has 4 aromatic rings.